The fourth-order valence-corrected chi connectivity index (χ4v) is 2.48. The lowest BCUT2D eigenvalue weighted by Gasteiger charge is -2.27. The summed E-state index contributed by atoms with van der Waals surface area (Å²) in [7, 11) is 0. The molecule has 1 aromatic heterocycles. The largest absolute Gasteiger partial charge is 0.463 e. The van der Waals surface area contributed by atoms with Gasteiger partial charge in [-0.05, 0) is 38.1 Å². The minimum atomic E-state index is -1.66. The maximum atomic E-state index is 12.6. The van der Waals surface area contributed by atoms with Crippen molar-refractivity contribution in [2.75, 3.05) is 6.61 Å². The Hall–Kier alpha value is -3.68. The number of carbonyl (C=O) groups excluding carboxylic acids is 2. The van der Waals surface area contributed by atoms with E-state index in [1.165, 1.54) is 19.6 Å². The first-order valence-corrected chi connectivity index (χ1v) is 8.61. The zero-order valence-electron chi connectivity index (χ0n) is 15.4. The van der Waals surface area contributed by atoms with Crippen LogP contribution in [-0.4, -0.2) is 33.4 Å². The third kappa shape index (κ3) is 4.17. The van der Waals surface area contributed by atoms with Crippen LogP contribution in [0.25, 0.3) is 0 Å². The zero-order chi connectivity index (χ0) is 20.0. The molecule has 0 amide bonds. The van der Waals surface area contributed by atoms with Gasteiger partial charge in [-0.15, -0.1) is 5.10 Å². The standard InChI is InChI=1S/C20H19N3O5/c1-3-26-18(24)20(2,28-19(25)23-14-21-13-22-23)15-9-11-17(12-10-15)27-16-7-5-4-6-8-16/h4-14H,3H2,1-2H3. The molecule has 0 bridgehead atoms. The van der Waals surface area contributed by atoms with E-state index in [4.69, 9.17) is 14.2 Å². The van der Waals surface area contributed by atoms with Gasteiger partial charge in [0.1, 0.15) is 24.2 Å². The molecule has 8 nitrogen and oxygen atoms in total. The molecule has 3 aromatic rings. The first-order valence-electron chi connectivity index (χ1n) is 8.61. The lowest BCUT2D eigenvalue weighted by atomic mass is 9.95. The van der Waals surface area contributed by atoms with Gasteiger partial charge in [0, 0.05) is 5.56 Å². The molecule has 0 saturated carbocycles. The van der Waals surface area contributed by atoms with Gasteiger partial charge in [0.05, 0.1) is 6.61 Å². The smallest absolute Gasteiger partial charge is 0.437 e. The molecule has 0 aliphatic rings. The monoisotopic (exact) mass is 381 g/mol. The number of benzene rings is 2. The molecule has 1 heterocycles. The Morgan fingerprint density at radius 1 is 1.04 bits per heavy atom. The Morgan fingerprint density at radius 2 is 1.71 bits per heavy atom. The van der Waals surface area contributed by atoms with Gasteiger partial charge in [0.15, 0.2) is 0 Å². The summed E-state index contributed by atoms with van der Waals surface area (Å²) in [4.78, 5) is 28.6. The van der Waals surface area contributed by atoms with Crippen LogP contribution in [0.5, 0.6) is 11.5 Å². The lowest BCUT2D eigenvalue weighted by molar-refractivity contribution is -0.164. The highest BCUT2D eigenvalue weighted by Gasteiger charge is 2.41. The topological polar surface area (TPSA) is 92.5 Å². The number of esters is 1. The van der Waals surface area contributed by atoms with Crippen molar-refractivity contribution in [2.45, 2.75) is 19.4 Å². The molecule has 0 saturated heterocycles. The molecule has 3 rings (SSSR count). The van der Waals surface area contributed by atoms with Gasteiger partial charge in [0.25, 0.3) is 0 Å². The number of nitrogens with zero attached hydrogens (tertiary/aromatic N) is 3. The summed E-state index contributed by atoms with van der Waals surface area (Å²) in [5, 5.41) is 3.72. The highest BCUT2D eigenvalue weighted by Crippen LogP contribution is 2.30. The number of carbonyl (C=O) groups is 2. The number of hydrogen-bond acceptors (Lipinski definition) is 7. The maximum absolute atomic E-state index is 12.6. The summed E-state index contributed by atoms with van der Waals surface area (Å²) in [6.45, 7) is 3.28. The van der Waals surface area contributed by atoms with Crippen LogP contribution in [0.15, 0.2) is 67.3 Å². The summed E-state index contributed by atoms with van der Waals surface area (Å²) in [6, 6.07) is 15.9. The summed E-state index contributed by atoms with van der Waals surface area (Å²) in [6.07, 6.45) is 1.53. The van der Waals surface area contributed by atoms with Crippen LogP contribution < -0.4 is 4.74 Å². The van der Waals surface area contributed by atoms with Gasteiger partial charge in [-0.2, -0.15) is 4.68 Å². The zero-order valence-corrected chi connectivity index (χ0v) is 15.4. The molecule has 0 aliphatic carbocycles. The van der Waals surface area contributed by atoms with Crippen LogP contribution in [0.3, 0.4) is 0 Å². The second-order valence-corrected chi connectivity index (χ2v) is 5.90. The molecular formula is C20H19N3O5. The van der Waals surface area contributed by atoms with Crippen molar-refractivity contribution in [1.29, 1.82) is 0 Å². The number of rotatable bonds is 6. The van der Waals surface area contributed by atoms with E-state index < -0.39 is 17.7 Å². The second-order valence-electron chi connectivity index (χ2n) is 5.90. The fourth-order valence-electron chi connectivity index (χ4n) is 2.48. The molecule has 28 heavy (non-hydrogen) atoms. The van der Waals surface area contributed by atoms with E-state index in [-0.39, 0.29) is 6.61 Å². The quantitative estimate of drug-likeness (QED) is 0.603. The van der Waals surface area contributed by atoms with Gasteiger partial charge < -0.3 is 14.2 Å². The van der Waals surface area contributed by atoms with E-state index in [9.17, 15) is 9.59 Å². The van der Waals surface area contributed by atoms with E-state index in [0.29, 0.717) is 17.1 Å². The molecule has 0 aliphatic heterocycles. The molecule has 1 atom stereocenters. The summed E-state index contributed by atoms with van der Waals surface area (Å²) < 4.78 is 17.2. The van der Waals surface area contributed by atoms with E-state index in [1.807, 2.05) is 30.3 Å². The fraction of sp³-hybridized carbons (Fsp3) is 0.200. The Morgan fingerprint density at radius 3 is 2.32 bits per heavy atom. The molecule has 144 valence electrons. The Balaban J connectivity index is 1.85. The lowest BCUT2D eigenvalue weighted by Crippen LogP contribution is -2.40. The summed E-state index contributed by atoms with van der Waals surface area (Å²) in [5.41, 5.74) is -1.23. The maximum Gasteiger partial charge on any atom is 0.437 e. The summed E-state index contributed by atoms with van der Waals surface area (Å²) >= 11 is 0. The average molecular weight is 381 g/mol. The molecule has 2 aromatic carbocycles. The number of hydrogen-bond donors (Lipinski definition) is 0. The summed E-state index contributed by atoms with van der Waals surface area (Å²) in [5.74, 6) is 0.560. The number of para-hydroxylation sites is 1. The minimum Gasteiger partial charge on any atom is -0.463 e. The van der Waals surface area contributed by atoms with Crippen LogP contribution in [-0.2, 0) is 19.9 Å². The highest BCUT2D eigenvalue weighted by atomic mass is 16.6. The highest BCUT2D eigenvalue weighted by molar-refractivity contribution is 5.84. The average Bonchev–Trinajstić information content (AvgIpc) is 3.24. The Labute approximate surface area is 161 Å². The van der Waals surface area contributed by atoms with Crippen molar-refractivity contribution in [3.8, 4) is 11.5 Å². The molecule has 8 heteroatoms. The Kier molecular flexibility index (Phi) is 5.69. The van der Waals surface area contributed by atoms with Crippen LogP contribution in [0.1, 0.15) is 19.4 Å². The van der Waals surface area contributed by atoms with Crippen molar-refractivity contribution in [1.82, 2.24) is 14.8 Å². The third-order valence-corrected chi connectivity index (χ3v) is 3.95. The first kappa shape index (κ1) is 19.1. The number of ether oxygens (including phenoxy) is 3. The van der Waals surface area contributed by atoms with E-state index in [1.54, 1.807) is 31.2 Å². The Bertz CT molecular complexity index is 926. The minimum absolute atomic E-state index is 0.143. The van der Waals surface area contributed by atoms with Gasteiger partial charge in [-0.1, -0.05) is 30.3 Å². The van der Waals surface area contributed by atoms with Crippen molar-refractivity contribution in [3.63, 3.8) is 0 Å². The van der Waals surface area contributed by atoms with E-state index >= 15 is 0 Å². The first-order chi connectivity index (χ1) is 13.5. The third-order valence-electron chi connectivity index (χ3n) is 3.95. The van der Waals surface area contributed by atoms with Crippen molar-refractivity contribution in [2.24, 2.45) is 0 Å². The van der Waals surface area contributed by atoms with Gasteiger partial charge in [-0.25, -0.2) is 14.6 Å². The molecular weight excluding hydrogens is 362 g/mol. The van der Waals surface area contributed by atoms with Crippen molar-refractivity contribution >= 4 is 12.1 Å². The molecule has 1 unspecified atom stereocenters. The van der Waals surface area contributed by atoms with Crippen molar-refractivity contribution < 1.29 is 23.8 Å². The van der Waals surface area contributed by atoms with E-state index in [0.717, 1.165) is 4.68 Å². The van der Waals surface area contributed by atoms with Crippen LogP contribution in [0.2, 0.25) is 0 Å². The normalized spacial score (nSPS) is 12.6. The van der Waals surface area contributed by atoms with Gasteiger partial charge in [-0.3, -0.25) is 0 Å². The van der Waals surface area contributed by atoms with E-state index in [2.05, 4.69) is 10.1 Å². The predicted molar refractivity (Wildman–Crippen MR) is 98.8 cm³/mol. The molecule has 0 radical (unpaired) electrons. The van der Waals surface area contributed by atoms with Crippen LogP contribution in [0, 0.1) is 0 Å². The molecule has 0 N–H and O–H groups in total. The number of aromatic nitrogens is 3. The van der Waals surface area contributed by atoms with Gasteiger partial charge in [0.2, 0.25) is 5.60 Å². The molecule has 0 spiro atoms. The second kappa shape index (κ2) is 8.34. The van der Waals surface area contributed by atoms with Crippen LogP contribution in [0.4, 0.5) is 4.79 Å². The van der Waals surface area contributed by atoms with Crippen LogP contribution >= 0.6 is 0 Å². The predicted octanol–water partition coefficient (Wildman–Crippen LogP) is 3.53. The molecule has 0 fully saturated rings. The SMILES string of the molecule is CCOC(=O)C(C)(OC(=O)n1cncn1)c1ccc(Oc2ccccc2)cc1. The van der Waals surface area contributed by atoms with Gasteiger partial charge >= 0.3 is 12.1 Å². The van der Waals surface area contributed by atoms with Crippen molar-refractivity contribution in [3.05, 3.63) is 72.8 Å².